The van der Waals surface area contributed by atoms with Crippen molar-refractivity contribution in [2.24, 2.45) is 0 Å². The van der Waals surface area contributed by atoms with E-state index in [0.717, 1.165) is 18.6 Å². The molecular weight excluding hydrogens is 244 g/mol. The lowest BCUT2D eigenvalue weighted by atomic mass is 9.95. The summed E-state index contributed by atoms with van der Waals surface area (Å²) in [5.74, 6) is 1.07. The van der Waals surface area contributed by atoms with Crippen LogP contribution in [0.4, 0.5) is 0 Å². The van der Waals surface area contributed by atoms with Gasteiger partial charge in [0.1, 0.15) is 11.9 Å². The van der Waals surface area contributed by atoms with Crippen molar-refractivity contribution in [2.75, 3.05) is 0 Å². The van der Waals surface area contributed by atoms with E-state index in [4.69, 9.17) is 4.74 Å². The minimum atomic E-state index is 0.175. The third-order valence-electron chi connectivity index (χ3n) is 4.07. The predicted molar refractivity (Wildman–Crippen MR) is 82.1 cm³/mol. The van der Waals surface area contributed by atoms with Crippen molar-refractivity contribution in [3.8, 4) is 5.75 Å². The molecule has 0 N–H and O–H groups in total. The Bertz CT molecular complexity index is 746. The average Bonchev–Trinajstić information content (AvgIpc) is 2.55. The van der Waals surface area contributed by atoms with Crippen molar-refractivity contribution < 1.29 is 4.74 Å². The van der Waals surface area contributed by atoms with Gasteiger partial charge in [0.15, 0.2) is 0 Å². The average molecular weight is 260 g/mol. The van der Waals surface area contributed by atoms with Gasteiger partial charge in [-0.3, -0.25) is 0 Å². The van der Waals surface area contributed by atoms with Gasteiger partial charge in [-0.1, -0.05) is 66.7 Å². The van der Waals surface area contributed by atoms with E-state index in [1.54, 1.807) is 0 Å². The van der Waals surface area contributed by atoms with Gasteiger partial charge in [-0.25, -0.2) is 0 Å². The van der Waals surface area contributed by atoms with Crippen LogP contribution in [0.2, 0.25) is 0 Å². The second-order valence-corrected chi connectivity index (χ2v) is 5.33. The van der Waals surface area contributed by atoms with E-state index in [0.29, 0.717) is 0 Å². The van der Waals surface area contributed by atoms with Gasteiger partial charge in [0.05, 0.1) is 0 Å². The molecule has 0 amide bonds. The van der Waals surface area contributed by atoms with Gasteiger partial charge in [-0.05, 0) is 29.4 Å². The SMILES string of the molecule is c1ccc(C2CCc3ccc4ccccc4c3O2)cc1. The Balaban J connectivity index is 1.80. The van der Waals surface area contributed by atoms with Crippen LogP contribution < -0.4 is 4.74 Å². The zero-order chi connectivity index (χ0) is 13.4. The van der Waals surface area contributed by atoms with Gasteiger partial charge in [0.2, 0.25) is 0 Å². The maximum absolute atomic E-state index is 6.33. The largest absolute Gasteiger partial charge is 0.485 e. The van der Waals surface area contributed by atoms with Gasteiger partial charge in [0, 0.05) is 5.39 Å². The van der Waals surface area contributed by atoms with Crippen molar-refractivity contribution in [1.29, 1.82) is 0 Å². The fourth-order valence-electron chi connectivity index (χ4n) is 3.01. The summed E-state index contributed by atoms with van der Waals surface area (Å²) in [5, 5.41) is 2.48. The predicted octanol–water partition coefficient (Wildman–Crippen LogP) is 4.91. The van der Waals surface area contributed by atoms with E-state index in [1.165, 1.54) is 21.9 Å². The molecule has 1 aliphatic rings. The molecule has 4 rings (SSSR count). The molecule has 3 aromatic rings. The number of ether oxygens (including phenoxy) is 1. The number of aryl methyl sites for hydroxylation is 1. The van der Waals surface area contributed by atoms with E-state index in [9.17, 15) is 0 Å². The van der Waals surface area contributed by atoms with Crippen LogP contribution in [-0.4, -0.2) is 0 Å². The number of rotatable bonds is 1. The Morgan fingerprint density at radius 2 is 1.60 bits per heavy atom. The summed E-state index contributed by atoms with van der Waals surface area (Å²) in [6, 6.07) is 23.4. The van der Waals surface area contributed by atoms with Crippen LogP contribution >= 0.6 is 0 Å². The Morgan fingerprint density at radius 1 is 0.800 bits per heavy atom. The van der Waals surface area contributed by atoms with Gasteiger partial charge < -0.3 is 4.74 Å². The molecule has 20 heavy (non-hydrogen) atoms. The zero-order valence-corrected chi connectivity index (χ0v) is 11.3. The molecule has 1 nitrogen and oxygen atoms in total. The fourth-order valence-corrected chi connectivity index (χ4v) is 3.01. The van der Waals surface area contributed by atoms with Crippen molar-refractivity contribution in [3.63, 3.8) is 0 Å². The maximum atomic E-state index is 6.33. The third kappa shape index (κ3) is 1.87. The highest BCUT2D eigenvalue weighted by Gasteiger charge is 2.22. The highest BCUT2D eigenvalue weighted by Crippen LogP contribution is 2.39. The molecule has 1 unspecified atom stereocenters. The highest BCUT2D eigenvalue weighted by atomic mass is 16.5. The quantitative estimate of drug-likeness (QED) is 0.604. The van der Waals surface area contributed by atoms with Crippen molar-refractivity contribution in [1.82, 2.24) is 0 Å². The lowest BCUT2D eigenvalue weighted by Crippen LogP contribution is -2.15. The molecule has 1 heteroatoms. The molecule has 1 atom stereocenters. The van der Waals surface area contributed by atoms with Gasteiger partial charge >= 0.3 is 0 Å². The summed E-state index contributed by atoms with van der Waals surface area (Å²) < 4.78 is 6.33. The first kappa shape index (κ1) is 11.5. The van der Waals surface area contributed by atoms with Gasteiger partial charge in [0.25, 0.3) is 0 Å². The molecule has 98 valence electrons. The Morgan fingerprint density at radius 3 is 2.50 bits per heavy atom. The van der Waals surface area contributed by atoms with E-state index >= 15 is 0 Å². The van der Waals surface area contributed by atoms with Gasteiger partial charge in [-0.2, -0.15) is 0 Å². The first-order chi connectivity index (χ1) is 9.92. The Labute approximate surface area is 118 Å². The van der Waals surface area contributed by atoms with E-state index in [-0.39, 0.29) is 6.10 Å². The molecule has 0 saturated heterocycles. The number of hydrogen-bond acceptors (Lipinski definition) is 1. The summed E-state index contributed by atoms with van der Waals surface area (Å²) in [4.78, 5) is 0. The van der Waals surface area contributed by atoms with Crippen molar-refractivity contribution in [2.45, 2.75) is 18.9 Å². The van der Waals surface area contributed by atoms with E-state index < -0.39 is 0 Å². The molecule has 0 bridgehead atoms. The number of hydrogen-bond donors (Lipinski definition) is 0. The van der Waals surface area contributed by atoms with E-state index in [2.05, 4.69) is 66.7 Å². The lowest BCUT2D eigenvalue weighted by molar-refractivity contribution is 0.179. The third-order valence-corrected chi connectivity index (χ3v) is 4.07. The minimum Gasteiger partial charge on any atom is -0.485 e. The van der Waals surface area contributed by atoms with Crippen LogP contribution in [0.5, 0.6) is 5.75 Å². The van der Waals surface area contributed by atoms with Gasteiger partial charge in [-0.15, -0.1) is 0 Å². The lowest BCUT2D eigenvalue weighted by Gasteiger charge is -2.27. The first-order valence-corrected chi connectivity index (χ1v) is 7.14. The molecule has 0 aliphatic carbocycles. The summed E-state index contributed by atoms with van der Waals surface area (Å²) in [6.45, 7) is 0. The van der Waals surface area contributed by atoms with Crippen LogP contribution in [0.15, 0.2) is 66.7 Å². The second-order valence-electron chi connectivity index (χ2n) is 5.33. The topological polar surface area (TPSA) is 9.23 Å². The van der Waals surface area contributed by atoms with Crippen LogP contribution in [0, 0.1) is 0 Å². The molecule has 1 aliphatic heterocycles. The van der Waals surface area contributed by atoms with Crippen LogP contribution in [0.1, 0.15) is 23.7 Å². The second kappa shape index (κ2) is 4.68. The minimum absolute atomic E-state index is 0.175. The fraction of sp³-hybridized carbons (Fsp3) is 0.158. The molecular formula is C19H16O. The standard InChI is InChI=1S/C19H16O/c1-2-7-15(8-3-1)18-13-12-16-11-10-14-6-4-5-9-17(14)19(16)20-18/h1-11,18H,12-13H2. The summed E-state index contributed by atoms with van der Waals surface area (Å²) in [7, 11) is 0. The van der Waals surface area contributed by atoms with Crippen LogP contribution in [0.25, 0.3) is 10.8 Å². The maximum Gasteiger partial charge on any atom is 0.131 e. The molecule has 0 spiro atoms. The molecule has 0 fully saturated rings. The normalized spacial score (nSPS) is 17.5. The summed E-state index contributed by atoms with van der Waals surface area (Å²) in [6.07, 6.45) is 2.31. The molecule has 0 saturated carbocycles. The Kier molecular flexibility index (Phi) is 2.70. The first-order valence-electron chi connectivity index (χ1n) is 7.14. The van der Waals surface area contributed by atoms with E-state index in [1.807, 2.05) is 0 Å². The summed E-state index contributed by atoms with van der Waals surface area (Å²) in [5.41, 5.74) is 2.60. The van der Waals surface area contributed by atoms with Crippen molar-refractivity contribution in [3.05, 3.63) is 77.9 Å². The smallest absolute Gasteiger partial charge is 0.131 e. The number of benzene rings is 3. The molecule has 0 radical (unpaired) electrons. The number of fused-ring (bicyclic) bond motifs is 3. The molecule has 1 heterocycles. The highest BCUT2D eigenvalue weighted by molar-refractivity contribution is 5.89. The Hall–Kier alpha value is -2.28. The monoisotopic (exact) mass is 260 g/mol. The van der Waals surface area contributed by atoms with Crippen LogP contribution in [0.3, 0.4) is 0 Å². The molecule has 0 aromatic heterocycles. The van der Waals surface area contributed by atoms with Crippen LogP contribution in [-0.2, 0) is 6.42 Å². The molecule has 3 aromatic carbocycles. The van der Waals surface area contributed by atoms with Crippen molar-refractivity contribution >= 4 is 10.8 Å². The summed E-state index contributed by atoms with van der Waals surface area (Å²) >= 11 is 0. The zero-order valence-electron chi connectivity index (χ0n) is 11.3.